The Labute approximate surface area is 101 Å². The van der Waals surface area contributed by atoms with Gasteiger partial charge < -0.3 is 13.8 Å². The monoisotopic (exact) mass is 260 g/mol. The summed E-state index contributed by atoms with van der Waals surface area (Å²) in [5.41, 5.74) is 0.0344. The topological polar surface area (TPSA) is 70.5 Å². The Morgan fingerprint density at radius 2 is 1.82 bits per heavy atom. The van der Waals surface area contributed by atoms with Gasteiger partial charge in [-0.1, -0.05) is 0 Å². The predicted octanol–water partition coefficient (Wildman–Crippen LogP) is 1.77. The number of nitrogens with zero attached hydrogens (tertiary/aromatic N) is 2. The van der Waals surface area contributed by atoms with Crippen molar-refractivity contribution in [1.82, 2.24) is 9.97 Å². The highest BCUT2D eigenvalue weighted by Gasteiger charge is 2.30. The van der Waals surface area contributed by atoms with Crippen LogP contribution in [0.2, 0.25) is 0 Å². The standard InChI is InChI=1S/C10H17N2O4P/c1-4-14-9-7-8-11-10(12-9)17(13,15-5-2)16-6-3/h7-8H,4-6H2,1-3H3. The average Bonchev–Trinajstić information content (AvgIpc) is 2.30. The first-order valence-electron chi connectivity index (χ1n) is 5.51. The Bertz CT molecular complexity index is 390. The molecule has 0 fully saturated rings. The van der Waals surface area contributed by atoms with E-state index in [9.17, 15) is 4.57 Å². The normalized spacial score (nSPS) is 11.5. The zero-order chi connectivity index (χ0) is 12.7. The molecule has 1 aromatic rings. The summed E-state index contributed by atoms with van der Waals surface area (Å²) in [5.74, 6) is 0.358. The van der Waals surface area contributed by atoms with E-state index in [4.69, 9.17) is 13.8 Å². The maximum atomic E-state index is 12.3. The SMILES string of the molecule is CCOc1ccnc(P(=O)(OCC)OCC)n1. The molecule has 0 aliphatic carbocycles. The van der Waals surface area contributed by atoms with Gasteiger partial charge in [0.05, 0.1) is 19.8 Å². The number of ether oxygens (including phenoxy) is 1. The fourth-order valence-electron chi connectivity index (χ4n) is 1.19. The van der Waals surface area contributed by atoms with E-state index in [2.05, 4.69) is 9.97 Å². The summed E-state index contributed by atoms with van der Waals surface area (Å²) in [6.45, 7) is 6.31. The zero-order valence-corrected chi connectivity index (χ0v) is 11.1. The fourth-order valence-corrected chi connectivity index (χ4v) is 2.60. The number of hydrogen-bond acceptors (Lipinski definition) is 6. The van der Waals surface area contributed by atoms with Crippen molar-refractivity contribution in [2.24, 2.45) is 0 Å². The molecule has 0 aliphatic rings. The summed E-state index contributed by atoms with van der Waals surface area (Å²) in [6, 6.07) is 1.59. The van der Waals surface area contributed by atoms with E-state index in [-0.39, 0.29) is 18.8 Å². The van der Waals surface area contributed by atoms with Gasteiger partial charge in [0, 0.05) is 12.3 Å². The summed E-state index contributed by atoms with van der Waals surface area (Å²) in [6.07, 6.45) is 1.47. The summed E-state index contributed by atoms with van der Waals surface area (Å²) in [4.78, 5) is 7.95. The maximum Gasteiger partial charge on any atom is 0.398 e. The number of rotatable bonds is 7. The van der Waals surface area contributed by atoms with E-state index in [0.717, 1.165) is 0 Å². The van der Waals surface area contributed by atoms with E-state index in [1.807, 2.05) is 6.92 Å². The summed E-state index contributed by atoms with van der Waals surface area (Å²) in [5, 5.41) is 0. The van der Waals surface area contributed by atoms with Crippen LogP contribution < -0.4 is 10.3 Å². The molecule has 1 rings (SSSR count). The van der Waals surface area contributed by atoms with Crippen LogP contribution in [0.5, 0.6) is 5.88 Å². The van der Waals surface area contributed by atoms with Crippen LogP contribution in [0.15, 0.2) is 12.3 Å². The number of aromatic nitrogens is 2. The molecule has 0 unspecified atom stereocenters. The second kappa shape index (κ2) is 6.69. The Morgan fingerprint density at radius 1 is 1.18 bits per heavy atom. The molecule has 6 nitrogen and oxygen atoms in total. The van der Waals surface area contributed by atoms with E-state index in [1.54, 1.807) is 19.9 Å². The third kappa shape index (κ3) is 3.77. The molecule has 0 amide bonds. The third-order valence-corrected chi connectivity index (χ3v) is 3.65. The van der Waals surface area contributed by atoms with E-state index in [1.165, 1.54) is 6.20 Å². The summed E-state index contributed by atoms with van der Waals surface area (Å²) < 4.78 is 27.8. The first-order chi connectivity index (χ1) is 8.16. The van der Waals surface area contributed by atoms with Crippen LogP contribution in [0.3, 0.4) is 0 Å². The van der Waals surface area contributed by atoms with Crippen molar-refractivity contribution in [3.63, 3.8) is 0 Å². The Kier molecular flexibility index (Phi) is 5.55. The van der Waals surface area contributed by atoms with E-state index >= 15 is 0 Å². The number of hydrogen-bond donors (Lipinski definition) is 0. The quantitative estimate of drug-likeness (QED) is 0.696. The minimum atomic E-state index is -3.42. The van der Waals surface area contributed by atoms with Gasteiger partial charge in [-0.25, -0.2) is 4.98 Å². The molecule has 0 N–H and O–H groups in total. The minimum absolute atomic E-state index is 0.0344. The molecule has 96 valence electrons. The van der Waals surface area contributed by atoms with E-state index in [0.29, 0.717) is 12.5 Å². The van der Waals surface area contributed by atoms with Crippen molar-refractivity contribution in [2.45, 2.75) is 20.8 Å². The molecule has 0 aliphatic heterocycles. The van der Waals surface area contributed by atoms with Crippen molar-refractivity contribution >= 4 is 13.2 Å². The molecule has 0 radical (unpaired) electrons. The highest BCUT2D eigenvalue weighted by atomic mass is 31.2. The van der Waals surface area contributed by atoms with Crippen LogP contribution in [-0.4, -0.2) is 29.8 Å². The van der Waals surface area contributed by atoms with E-state index < -0.39 is 7.60 Å². The Morgan fingerprint density at radius 3 is 2.35 bits per heavy atom. The van der Waals surface area contributed by atoms with Crippen LogP contribution >= 0.6 is 7.60 Å². The lowest BCUT2D eigenvalue weighted by molar-refractivity contribution is 0.228. The molecule has 7 heteroatoms. The Hall–Kier alpha value is -0.970. The Balaban J connectivity index is 3.01. The van der Waals surface area contributed by atoms with Crippen molar-refractivity contribution < 1.29 is 18.3 Å². The molecule has 0 bridgehead atoms. The van der Waals surface area contributed by atoms with Crippen LogP contribution in [-0.2, 0) is 13.6 Å². The van der Waals surface area contributed by atoms with Crippen molar-refractivity contribution in [1.29, 1.82) is 0 Å². The van der Waals surface area contributed by atoms with Gasteiger partial charge in [0.1, 0.15) is 0 Å². The maximum absolute atomic E-state index is 12.3. The van der Waals surface area contributed by atoms with Crippen LogP contribution in [0.25, 0.3) is 0 Å². The first-order valence-corrected chi connectivity index (χ1v) is 7.06. The molecule has 0 saturated heterocycles. The largest absolute Gasteiger partial charge is 0.478 e. The smallest absolute Gasteiger partial charge is 0.398 e. The van der Waals surface area contributed by atoms with Gasteiger partial charge in [-0.2, -0.15) is 4.98 Å². The van der Waals surface area contributed by atoms with Crippen LogP contribution in [0.4, 0.5) is 0 Å². The molecular formula is C10H17N2O4P. The van der Waals surface area contributed by atoms with Crippen LogP contribution in [0, 0.1) is 0 Å². The van der Waals surface area contributed by atoms with Gasteiger partial charge in [-0.15, -0.1) is 0 Å². The van der Waals surface area contributed by atoms with Crippen molar-refractivity contribution in [2.75, 3.05) is 19.8 Å². The van der Waals surface area contributed by atoms with Crippen molar-refractivity contribution in [3.05, 3.63) is 12.3 Å². The molecule has 0 aromatic carbocycles. The molecule has 0 saturated carbocycles. The minimum Gasteiger partial charge on any atom is -0.478 e. The fraction of sp³-hybridized carbons (Fsp3) is 0.600. The van der Waals surface area contributed by atoms with Gasteiger partial charge in [0.15, 0.2) is 0 Å². The zero-order valence-electron chi connectivity index (χ0n) is 10.3. The summed E-state index contributed by atoms with van der Waals surface area (Å²) >= 11 is 0. The average molecular weight is 260 g/mol. The molecular weight excluding hydrogens is 243 g/mol. The lowest BCUT2D eigenvalue weighted by atomic mass is 10.6. The van der Waals surface area contributed by atoms with Gasteiger partial charge in [-0.3, -0.25) is 4.57 Å². The molecule has 17 heavy (non-hydrogen) atoms. The van der Waals surface area contributed by atoms with Crippen molar-refractivity contribution in [3.8, 4) is 5.88 Å². The molecule has 0 spiro atoms. The highest BCUT2D eigenvalue weighted by molar-refractivity contribution is 7.61. The lowest BCUT2D eigenvalue weighted by Crippen LogP contribution is -2.18. The highest BCUT2D eigenvalue weighted by Crippen LogP contribution is 2.45. The first kappa shape index (κ1) is 14.1. The summed E-state index contributed by atoms with van der Waals surface area (Å²) in [7, 11) is -3.42. The van der Waals surface area contributed by atoms with Gasteiger partial charge >= 0.3 is 7.60 Å². The lowest BCUT2D eigenvalue weighted by Gasteiger charge is -2.15. The van der Waals surface area contributed by atoms with Gasteiger partial charge in [-0.05, 0) is 20.8 Å². The van der Waals surface area contributed by atoms with Gasteiger partial charge in [0.25, 0.3) is 0 Å². The predicted molar refractivity (Wildman–Crippen MR) is 63.7 cm³/mol. The third-order valence-electron chi connectivity index (χ3n) is 1.75. The molecule has 1 aromatic heterocycles. The second-order valence-corrected chi connectivity index (χ2v) is 4.87. The molecule has 0 atom stereocenters. The second-order valence-electron chi connectivity index (χ2n) is 2.96. The van der Waals surface area contributed by atoms with Gasteiger partial charge in [0.2, 0.25) is 11.4 Å². The molecule has 1 heterocycles. The van der Waals surface area contributed by atoms with Crippen LogP contribution in [0.1, 0.15) is 20.8 Å².